The van der Waals surface area contributed by atoms with E-state index in [0.29, 0.717) is 18.1 Å². The minimum Gasteiger partial charge on any atom is -0.378 e. The van der Waals surface area contributed by atoms with Gasteiger partial charge in [0, 0.05) is 18.6 Å². The Hall–Kier alpha value is 0.210. The molecule has 3 atom stereocenters. The number of nitrogens with two attached hydrogens (primary N) is 1. The normalized spacial score (nSPS) is 44.7. The van der Waals surface area contributed by atoms with Gasteiger partial charge >= 0.3 is 0 Å². The Morgan fingerprint density at radius 3 is 2.70 bits per heavy atom. The number of hydrogen-bond acceptors (Lipinski definition) is 2. The van der Waals surface area contributed by atoms with Crippen molar-refractivity contribution in [2.75, 3.05) is 6.61 Å². The summed E-state index contributed by atoms with van der Waals surface area (Å²) in [5.41, 5.74) is 5.75. The van der Waals surface area contributed by atoms with Gasteiger partial charge in [-0.15, -0.1) is 12.4 Å². The Morgan fingerprint density at radius 2 is 2.20 bits per heavy atom. The molecule has 2 nitrogen and oxygen atoms in total. The molecule has 2 aliphatic rings. The van der Waals surface area contributed by atoms with E-state index in [4.69, 9.17) is 10.5 Å². The molecule has 1 aliphatic heterocycles. The molecule has 0 radical (unpaired) electrons. The van der Waals surface area contributed by atoms with Crippen LogP contribution in [0.2, 0.25) is 0 Å². The fourth-order valence-corrected chi connectivity index (χ4v) is 1.84. The van der Waals surface area contributed by atoms with Crippen molar-refractivity contribution in [3.63, 3.8) is 0 Å². The van der Waals surface area contributed by atoms with Crippen LogP contribution >= 0.6 is 12.4 Å². The van der Waals surface area contributed by atoms with Crippen molar-refractivity contribution < 1.29 is 4.74 Å². The van der Waals surface area contributed by atoms with E-state index in [1.54, 1.807) is 0 Å². The highest BCUT2D eigenvalue weighted by molar-refractivity contribution is 5.85. The molecule has 0 amide bonds. The topological polar surface area (TPSA) is 35.2 Å². The fourth-order valence-electron chi connectivity index (χ4n) is 1.84. The number of halogens is 1. The molecule has 0 aromatic rings. The predicted molar refractivity (Wildman–Crippen MR) is 42.3 cm³/mol. The fraction of sp³-hybridized carbons (Fsp3) is 1.00. The lowest BCUT2D eigenvalue weighted by Gasteiger charge is -2.45. The van der Waals surface area contributed by atoms with Gasteiger partial charge in [0.1, 0.15) is 0 Å². The van der Waals surface area contributed by atoms with Crippen molar-refractivity contribution in [2.24, 2.45) is 11.7 Å². The highest BCUT2D eigenvalue weighted by atomic mass is 35.5. The first-order chi connectivity index (χ1) is 4.38. The maximum absolute atomic E-state index is 5.75. The quantitative estimate of drug-likeness (QED) is 0.577. The SMILES string of the molecule is Cl.NC1CC2OCCCC12. The van der Waals surface area contributed by atoms with Crippen LogP contribution in [0.5, 0.6) is 0 Å². The molecule has 2 fully saturated rings. The molecule has 10 heavy (non-hydrogen) atoms. The van der Waals surface area contributed by atoms with E-state index in [0.717, 1.165) is 13.0 Å². The minimum atomic E-state index is 0. The number of ether oxygens (including phenoxy) is 1. The smallest absolute Gasteiger partial charge is 0.0632 e. The molecule has 2 N–H and O–H groups in total. The molecular weight excluding hydrogens is 150 g/mol. The van der Waals surface area contributed by atoms with E-state index >= 15 is 0 Å². The summed E-state index contributed by atoms with van der Waals surface area (Å²) in [5, 5.41) is 0. The van der Waals surface area contributed by atoms with Crippen molar-refractivity contribution in [1.29, 1.82) is 0 Å². The number of hydrogen-bond donors (Lipinski definition) is 1. The van der Waals surface area contributed by atoms with Gasteiger partial charge in [-0.25, -0.2) is 0 Å². The zero-order valence-electron chi connectivity index (χ0n) is 5.95. The van der Waals surface area contributed by atoms with E-state index < -0.39 is 0 Å². The lowest BCUT2D eigenvalue weighted by molar-refractivity contribution is -0.0943. The Morgan fingerprint density at radius 1 is 1.40 bits per heavy atom. The second-order valence-electron chi connectivity index (χ2n) is 3.11. The second-order valence-corrected chi connectivity index (χ2v) is 3.11. The summed E-state index contributed by atoms with van der Waals surface area (Å²) in [6.07, 6.45) is 4.15. The first kappa shape index (κ1) is 8.31. The molecule has 3 unspecified atom stereocenters. The molecule has 1 saturated heterocycles. The van der Waals surface area contributed by atoms with Crippen molar-refractivity contribution >= 4 is 12.4 Å². The summed E-state index contributed by atoms with van der Waals surface area (Å²) in [4.78, 5) is 0. The lowest BCUT2D eigenvalue weighted by atomic mass is 9.73. The second kappa shape index (κ2) is 3.07. The highest BCUT2D eigenvalue weighted by Crippen LogP contribution is 2.36. The first-order valence-corrected chi connectivity index (χ1v) is 3.75. The first-order valence-electron chi connectivity index (χ1n) is 3.75. The highest BCUT2D eigenvalue weighted by Gasteiger charge is 2.40. The number of fused-ring (bicyclic) bond motifs is 1. The summed E-state index contributed by atoms with van der Waals surface area (Å²) >= 11 is 0. The maximum atomic E-state index is 5.75. The van der Waals surface area contributed by atoms with Crippen LogP contribution in [0, 0.1) is 5.92 Å². The van der Waals surface area contributed by atoms with Crippen molar-refractivity contribution in [2.45, 2.75) is 31.4 Å². The van der Waals surface area contributed by atoms with Crippen LogP contribution in [0.15, 0.2) is 0 Å². The van der Waals surface area contributed by atoms with Crippen molar-refractivity contribution in [3.8, 4) is 0 Å². The van der Waals surface area contributed by atoms with Gasteiger partial charge in [0.15, 0.2) is 0 Å². The third-order valence-corrected chi connectivity index (χ3v) is 2.55. The summed E-state index contributed by atoms with van der Waals surface area (Å²) < 4.78 is 5.47. The van der Waals surface area contributed by atoms with Gasteiger partial charge in [-0.3, -0.25) is 0 Å². The maximum Gasteiger partial charge on any atom is 0.0632 e. The molecule has 0 bridgehead atoms. The van der Waals surface area contributed by atoms with E-state index in [9.17, 15) is 0 Å². The van der Waals surface area contributed by atoms with Crippen LogP contribution in [0.1, 0.15) is 19.3 Å². The van der Waals surface area contributed by atoms with Crippen molar-refractivity contribution in [1.82, 2.24) is 0 Å². The number of rotatable bonds is 0. The molecule has 3 heteroatoms. The molecule has 60 valence electrons. The monoisotopic (exact) mass is 163 g/mol. The Balaban J connectivity index is 0.000000500. The van der Waals surface area contributed by atoms with Gasteiger partial charge in [-0.05, 0) is 19.3 Å². The predicted octanol–water partition coefficient (Wildman–Crippen LogP) is 0.934. The molecule has 0 aromatic heterocycles. The van der Waals surface area contributed by atoms with Gasteiger partial charge < -0.3 is 10.5 Å². The molecule has 1 aliphatic carbocycles. The average Bonchev–Trinajstić information content (AvgIpc) is 1.86. The molecule has 2 rings (SSSR count). The van der Waals surface area contributed by atoms with Gasteiger partial charge in [-0.2, -0.15) is 0 Å². The summed E-state index contributed by atoms with van der Waals surface area (Å²) in [6.45, 7) is 0.966. The zero-order valence-corrected chi connectivity index (χ0v) is 6.77. The molecule has 0 spiro atoms. The minimum absolute atomic E-state index is 0. The molecule has 1 heterocycles. The van der Waals surface area contributed by atoms with Gasteiger partial charge in [0.2, 0.25) is 0 Å². The van der Waals surface area contributed by atoms with Gasteiger partial charge in [-0.1, -0.05) is 0 Å². The van der Waals surface area contributed by atoms with Crippen LogP contribution in [-0.4, -0.2) is 18.8 Å². The third kappa shape index (κ3) is 1.16. The Kier molecular flexibility index (Phi) is 2.55. The summed E-state index contributed by atoms with van der Waals surface area (Å²) in [6, 6.07) is 0.454. The van der Waals surface area contributed by atoms with E-state index in [1.165, 1.54) is 12.8 Å². The average molecular weight is 164 g/mol. The lowest BCUT2D eigenvalue weighted by Crippen LogP contribution is -2.54. The molecular formula is C7H14ClNO. The van der Waals surface area contributed by atoms with Crippen LogP contribution < -0.4 is 5.73 Å². The van der Waals surface area contributed by atoms with Crippen LogP contribution in [0.4, 0.5) is 0 Å². The van der Waals surface area contributed by atoms with E-state index in [-0.39, 0.29) is 12.4 Å². The Bertz CT molecular complexity index is 118. The van der Waals surface area contributed by atoms with Crippen molar-refractivity contribution in [3.05, 3.63) is 0 Å². The standard InChI is InChI=1S/C7H13NO.ClH/c8-6-4-7-5(6)2-1-3-9-7;/h5-7H,1-4,8H2;1H. The van der Waals surface area contributed by atoms with Gasteiger partial charge in [0.05, 0.1) is 6.10 Å². The third-order valence-electron chi connectivity index (χ3n) is 2.55. The Labute approximate surface area is 67.5 Å². The summed E-state index contributed by atoms with van der Waals surface area (Å²) in [7, 11) is 0. The zero-order chi connectivity index (χ0) is 6.27. The largest absolute Gasteiger partial charge is 0.378 e. The summed E-state index contributed by atoms with van der Waals surface area (Å²) in [5.74, 6) is 0.707. The molecule has 1 saturated carbocycles. The van der Waals surface area contributed by atoms with E-state index in [2.05, 4.69) is 0 Å². The van der Waals surface area contributed by atoms with Crippen LogP contribution in [0.3, 0.4) is 0 Å². The van der Waals surface area contributed by atoms with E-state index in [1.807, 2.05) is 0 Å². The van der Waals surface area contributed by atoms with Gasteiger partial charge in [0.25, 0.3) is 0 Å². The molecule has 0 aromatic carbocycles. The van der Waals surface area contributed by atoms with Crippen LogP contribution in [-0.2, 0) is 4.74 Å². The van der Waals surface area contributed by atoms with Crippen LogP contribution in [0.25, 0.3) is 0 Å².